The van der Waals surface area contributed by atoms with Gasteiger partial charge in [0.05, 0.1) is 7.11 Å². The van der Waals surface area contributed by atoms with Crippen LogP contribution in [0.5, 0.6) is 5.75 Å². The van der Waals surface area contributed by atoms with Crippen LogP contribution >= 0.6 is 11.6 Å². The minimum atomic E-state index is -0.779. The van der Waals surface area contributed by atoms with Crippen molar-refractivity contribution >= 4 is 22.5 Å². The number of ether oxygens (including phenoxy) is 1. The van der Waals surface area contributed by atoms with Crippen LogP contribution in [0.1, 0.15) is 0 Å². The first-order valence-electron chi connectivity index (χ1n) is 6.05. The van der Waals surface area contributed by atoms with E-state index in [0.29, 0.717) is 11.3 Å². The number of aromatic nitrogens is 2. The average Bonchev–Trinajstić information content (AvgIpc) is 2.48. The summed E-state index contributed by atoms with van der Waals surface area (Å²) < 4.78 is 32.2. The summed E-state index contributed by atoms with van der Waals surface area (Å²) in [6.45, 7) is 0. The summed E-state index contributed by atoms with van der Waals surface area (Å²) in [7, 11) is 1.54. The van der Waals surface area contributed by atoms with Crippen LogP contribution in [0.2, 0.25) is 5.15 Å². The van der Waals surface area contributed by atoms with Crippen molar-refractivity contribution in [2.45, 2.75) is 0 Å². The van der Waals surface area contributed by atoms with E-state index in [4.69, 9.17) is 16.3 Å². The Balaban J connectivity index is 2.24. The Hall–Kier alpha value is -2.27. The first-order chi connectivity index (χ1) is 10.1. The zero-order chi connectivity index (χ0) is 15.0. The molecule has 0 aliphatic carbocycles. The number of halogens is 3. The van der Waals surface area contributed by atoms with Gasteiger partial charge >= 0.3 is 0 Å². The van der Waals surface area contributed by atoms with Crippen molar-refractivity contribution in [3.63, 3.8) is 0 Å². The van der Waals surface area contributed by atoms with Gasteiger partial charge in [-0.15, -0.1) is 0 Å². The molecule has 0 saturated carbocycles. The van der Waals surface area contributed by atoms with Crippen molar-refractivity contribution < 1.29 is 13.5 Å². The van der Waals surface area contributed by atoms with Crippen molar-refractivity contribution in [3.8, 4) is 17.1 Å². The van der Waals surface area contributed by atoms with Crippen LogP contribution < -0.4 is 4.74 Å². The van der Waals surface area contributed by atoms with Gasteiger partial charge in [0.2, 0.25) is 0 Å². The lowest BCUT2D eigenvalue weighted by Crippen LogP contribution is -1.95. The zero-order valence-electron chi connectivity index (χ0n) is 10.9. The average molecular weight is 307 g/mol. The van der Waals surface area contributed by atoms with E-state index in [1.807, 2.05) is 0 Å². The van der Waals surface area contributed by atoms with Crippen molar-refractivity contribution in [1.82, 2.24) is 9.97 Å². The maximum absolute atomic E-state index is 13.9. The number of hydrogen-bond acceptors (Lipinski definition) is 3. The van der Waals surface area contributed by atoms with Crippen LogP contribution in [0.4, 0.5) is 8.78 Å². The Kier molecular flexibility index (Phi) is 3.43. The minimum absolute atomic E-state index is 0.00350. The third-order valence-electron chi connectivity index (χ3n) is 3.00. The maximum atomic E-state index is 13.9. The molecule has 3 aromatic rings. The van der Waals surface area contributed by atoms with Gasteiger partial charge in [0, 0.05) is 17.0 Å². The predicted octanol–water partition coefficient (Wildman–Crippen LogP) is 4.24. The van der Waals surface area contributed by atoms with Crippen molar-refractivity contribution in [2.24, 2.45) is 0 Å². The van der Waals surface area contributed by atoms with E-state index >= 15 is 0 Å². The van der Waals surface area contributed by atoms with E-state index in [1.165, 1.54) is 7.11 Å². The highest BCUT2D eigenvalue weighted by molar-refractivity contribution is 6.34. The molecule has 0 N–H and O–H groups in total. The standard InChI is InChI=1S/C15H9ClF2N2O/c1-21-10-4-2-3-8(5-10)15-19-13-11(14(16)20-15)6-9(17)7-12(13)18/h2-7H,1H3. The predicted molar refractivity (Wildman–Crippen MR) is 76.5 cm³/mol. The van der Waals surface area contributed by atoms with Gasteiger partial charge in [-0.05, 0) is 18.2 Å². The summed E-state index contributed by atoms with van der Waals surface area (Å²) in [5.41, 5.74) is 0.607. The highest BCUT2D eigenvalue weighted by atomic mass is 35.5. The first-order valence-corrected chi connectivity index (χ1v) is 6.43. The molecular formula is C15H9ClF2N2O. The smallest absolute Gasteiger partial charge is 0.161 e. The topological polar surface area (TPSA) is 35.0 Å². The van der Waals surface area contributed by atoms with Gasteiger partial charge in [0.15, 0.2) is 11.6 Å². The maximum Gasteiger partial charge on any atom is 0.161 e. The summed E-state index contributed by atoms with van der Waals surface area (Å²) in [5.74, 6) is -0.637. The number of nitrogens with zero attached hydrogens (tertiary/aromatic N) is 2. The number of hydrogen-bond donors (Lipinski definition) is 0. The molecule has 6 heteroatoms. The second kappa shape index (κ2) is 5.26. The Morgan fingerprint density at radius 1 is 1.10 bits per heavy atom. The SMILES string of the molecule is COc1cccc(-c2nc(Cl)c3cc(F)cc(F)c3n2)c1. The van der Waals surface area contributed by atoms with Crippen LogP contribution in [-0.2, 0) is 0 Å². The fourth-order valence-electron chi connectivity index (χ4n) is 2.01. The Bertz CT molecular complexity index is 839. The van der Waals surface area contributed by atoms with Crippen LogP contribution in [0.25, 0.3) is 22.3 Å². The van der Waals surface area contributed by atoms with Gasteiger partial charge in [-0.25, -0.2) is 18.7 Å². The minimum Gasteiger partial charge on any atom is -0.497 e. The van der Waals surface area contributed by atoms with Crippen LogP contribution in [-0.4, -0.2) is 17.1 Å². The molecule has 21 heavy (non-hydrogen) atoms. The Morgan fingerprint density at radius 2 is 1.90 bits per heavy atom. The second-order valence-corrected chi connectivity index (χ2v) is 4.71. The molecule has 2 aromatic carbocycles. The van der Waals surface area contributed by atoms with E-state index in [2.05, 4.69) is 9.97 Å². The molecular weight excluding hydrogens is 298 g/mol. The number of rotatable bonds is 2. The quantitative estimate of drug-likeness (QED) is 0.664. The first kappa shape index (κ1) is 13.7. The molecule has 0 saturated heterocycles. The van der Waals surface area contributed by atoms with Gasteiger partial charge in [-0.3, -0.25) is 0 Å². The number of methoxy groups -OCH3 is 1. The molecule has 0 spiro atoms. The van der Waals surface area contributed by atoms with E-state index in [-0.39, 0.29) is 21.9 Å². The molecule has 0 fully saturated rings. The van der Waals surface area contributed by atoms with Crippen LogP contribution in [0.15, 0.2) is 36.4 Å². The highest BCUT2D eigenvalue weighted by Crippen LogP contribution is 2.28. The zero-order valence-corrected chi connectivity index (χ0v) is 11.7. The molecule has 0 amide bonds. The summed E-state index contributed by atoms with van der Waals surface area (Å²) in [5, 5.41) is 0.136. The summed E-state index contributed by atoms with van der Waals surface area (Å²) >= 11 is 6.01. The van der Waals surface area contributed by atoms with E-state index in [1.54, 1.807) is 24.3 Å². The van der Waals surface area contributed by atoms with Crippen LogP contribution in [0.3, 0.4) is 0 Å². The van der Waals surface area contributed by atoms with Crippen molar-refractivity contribution in [2.75, 3.05) is 7.11 Å². The monoisotopic (exact) mass is 306 g/mol. The van der Waals surface area contributed by atoms with Gasteiger partial charge in [-0.2, -0.15) is 0 Å². The molecule has 0 unspecified atom stereocenters. The summed E-state index contributed by atoms with van der Waals surface area (Å²) in [6, 6.07) is 8.86. The molecule has 1 aromatic heterocycles. The molecule has 0 atom stereocenters. The van der Waals surface area contributed by atoms with E-state index in [0.717, 1.165) is 12.1 Å². The molecule has 3 rings (SSSR count). The van der Waals surface area contributed by atoms with E-state index < -0.39 is 11.6 Å². The number of benzene rings is 2. The lowest BCUT2D eigenvalue weighted by molar-refractivity contribution is 0.415. The van der Waals surface area contributed by atoms with Gasteiger partial charge in [-0.1, -0.05) is 23.7 Å². The fraction of sp³-hybridized carbons (Fsp3) is 0.0667. The van der Waals surface area contributed by atoms with Crippen molar-refractivity contribution in [1.29, 1.82) is 0 Å². The molecule has 106 valence electrons. The molecule has 0 aliphatic heterocycles. The Labute approximate surface area is 124 Å². The molecule has 0 radical (unpaired) electrons. The second-order valence-electron chi connectivity index (χ2n) is 4.35. The van der Waals surface area contributed by atoms with Gasteiger partial charge in [0.1, 0.15) is 22.2 Å². The summed E-state index contributed by atoms with van der Waals surface area (Å²) in [6.07, 6.45) is 0. The molecule has 0 bridgehead atoms. The number of fused-ring (bicyclic) bond motifs is 1. The van der Waals surface area contributed by atoms with Gasteiger partial charge in [0.25, 0.3) is 0 Å². The molecule has 0 aliphatic rings. The normalized spacial score (nSPS) is 10.9. The fourth-order valence-corrected chi connectivity index (χ4v) is 2.24. The van der Waals surface area contributed by atoms with E-state index in [9.17, 15) is 8.78 Å². The highest BCUT2D eigenvalue weighted by Gasteiger charge is 2.13. The molecule has 3 nitrogen and oxygen atoms in total. The third-order valence-corrected chi connectivity index (χ3v) is 3.29. The van der Waals surface area contributed by atoms with Gasteiger partial charge < -0.3 is 4.74 Å². The van der Waals surface area contributed by atoms with Crippen molar-refractivity contribution in [3.05, 3.63) is 53.2 Å². The largest absolute Gasteiger partial charge is 0.497 e. The lowest BCUT2D eigenvalue weighted by Gasteiger charge is -2.07. The summed E-state index contributed by atoms with van der Waals surface area (Å²) in [4.78, 5) is 8.22. The Morgan fingerprint density at radius 3 is 2.67 bits per heavy atom. The lowest BCUT2D eigenvalue weighted by atomic mass is 10.2. The third kappa shape index (κ3) is 2.52. The van der Waals surface area contributed by atoms with Crippen LogP contribution in [0, 0.1) is 11.6 Å². The molecule has 1 heterocycles.